The fourth-order valence-electron chi connectivity index (χ4n) is 2.97. The summed E-state index contributed by atoms with van der Waals surface area (Å²) in [5, 5.41) is 16.9. The number of nitrogens with one attached hydrogen (secondary N) is 3. The number of carbonyl (C=O) groups is 5. The number of hydrogen-bond donors (Lipinski definition) is 4. The standard InChI is InChI=1S/C21H36N4O8/c1-14(15(2)27)24-17(28)10-23-20(31)16-6-5-8-25(16)19(30)11-22-18(29)12-32-13-33-21(3,4)7-9-26/h9,14-16,27H,5-8,10-13H2,1-4H3,(H,22,29)(H,23,31)(H,24,28). The van der Waals surface area contributed by atoms with Crippen LogP contribution in [-0.2, 0) is 33.4 Å². The van der Waals surface area contributed by atoms with E-state index in [0.717, 1.165) is 6.29 Å². The first-order chi connectivity index (χ1) is 15.5. The first-order valence-corrected chi connectivity index (χ1v) is 10.9. The minimum atomic E-state index is -0.727. The summed E-state index contributed by atoms with van der Waals surface area (Å²) in [4.78, 5) is 60.6. The van der Waals surface area contributed by atoms with E-state index in [9.17, 15) is 29.1 Å². The number of hydrogen-bond acceptors (Lipinski definition) is 8. The Morgan fingerprint density at radius 1 is 1.15 bits per heavy atom. The van der Waals surface area contributed by atoms with E-state index in [1.807, 2.05) is 0 Å². The van der Waals surface area contributed by atoms with E-state index >= 15 is 0 Å². The molecule has 1 saturated heterocycles. The van der Waals surface area contributed by atoms with E-state index in [0.29, 0.717) is 19.4 Å². The Labute approximate surface area is 193 Å². The maximum absolute atomic E-state index is 12.5. The third-order valence-electron chi connectivity index (χ3n) is 5.19. The molecule has 1 rings (SSSR count). The van der Waals surface area contributed by atoms with Gasteiger partial charge in [0.15, 0.2) is 0 Å². The van der Waals surface area contributed by atoms with Gasteiger partial charge in [-0.05, 0) is 40.5 Å². The second-order valence-electron chi connectivity index (χ2n) is 8.58. The van der Waals surface area contributed by atoms with Gasteiger partial charge in [-0.1, -0.05) is 0 Å². The van der Waals surface area contributed by atoms with E-state index in [1.165, 1.54) is 4.90 Å². The van der Waals surface area contributed by atoms with Crippen molar-refractivity contribution < 1.29 is 38.6 Å². The molecular weight excluding hydrogens is 436 g/mol. The first-order valence-electron chi connectivity index (χ1n) is 10.9. The van der Waals surface area contributed by atoms with Crippen molar-refractivity contribution in [3.63, 3.8) is 0 Å². The SMILES string of the molecule is CC(O)C(C)NC(=O)CNC(=O)C1CCCN1C(=O)CNC(=O)COCOC(C)(C)CC=O. The van der Waals surface area contributed by atoms with E-state index in [4.69, 9.17) is 9.47 Å². The lowest BCUT2D eigenvalue weighted by Gasteiger charge is -2.24. The molecule has 0 saturated carbocycles. The molecule has 4 amide bonds. The van der Waals surface area contributed by atoms with Crippen molar-refractivity contribution in [3.8, 4) is 0 Å². The fourth-order valence-corrected chi connectivity index (χ4v) is 2.97. The predicted octanol–water partition coefficient (Wildman–Crippen LogP) is -1.55. The van der Waals surface area contributed by atoms with Gasteiger partial charge in [0.1, 0.15) is 25.7 Å². The van der Waals surface area contributed by atoms with Crippen LogP contribution in [0.2, 0.25) is 0 Å². The van der Waals surface area contributed by atoms with E-state index in [2.05, 4.69) is 16.0 Å². The third kappa shape index (κ3) is 10.7. The van der Waals surface area contributed by atoms with Gasteiger partial charge in [0, 0.05) is 13.0 Å². The molecule has 0 aliphatic carbocycles. The molecule has 0 aromatic carbocycles. The van der Waals surface area contributed by atoms with Crippen molar-refractivity contribution in [3.05, 3.63) is 0 Å². The fraction of sp³-hybridized carbons (Fsp3) is 0.762. The summed E-state index contributed by atoms with van der Waals surface area (Å²) in [6.45, 7) is 5.92. The van der Waals surface area contributed by atoms with Gasteiger partial charge in [-0.25, -0.2) is 0 Å². The third-order valence-corrected chi connectivity index (χ3v) is 5.19. The van der Waals surface area contributed by atoms with Gasteiger partial charge in [-0.3, -0.25) is 19.2 Å². The number of aliphatic hydroxyl groups excluding tert-OH is 1. The van der Waals surface area contributed by atoms with Crippen molar-refractivity contribution in [1.29, 1.82) is 0 Å². The summed E-state index contributed by atoms with van der Waals surface area (Å²) in [5.41, 5.74) is -0.699. The second-order valence-corrected chi connectivity index (χ2v) is 8.58. The zero-order valence-electron chi connectivity index (χ0n) is 19.7. The lowest BCUT2D eigenvalue weighted by Crippen LogP contribution is -2.51. The minimum Gasteiger partial charge on any atom is -0.391 e. The van der Waals surface area contributed by atoms with Crippen LogP contribution in [0.4, 0.5) is 0 Å². The number of ether oxygens (including phenoxy) is 2. The maximum atomic E-state index is 12.5. The van der Waals surface area contributed by atoms with Gasteiger partial charge >= 0.3 is 0 Å². The number of nitrogens with zero attached hydrogens (tertiary/aromatic N) is 1. The largest absolute Gasteiger partial charge is 0.391 e. The number of rotatable bonds is 14. The molecule has 1 fully saturated rings. The lowest BCUT2D eigenvalue weighted by atomic mass is 10.1. The Morgan fingerprint density at radius 3 is 2.48 bits per heavy atom. The average Bonchev–Trinajstić information content (AvgIpc) is 3.23. The topological polar surface area (TPSA) is 163 Å². The van der Waals surface area contributed by atoms with Crippen LogP contribution in [0.1, 0.15) is 47.0 Å². The highest BCUT2D eigenvalue weighted by atomic mass is 16.7. The number of carbonyl (C=O) groups excluding carboxylic acids is 5. The van der Waals surface area contributed by atoms with Crippen molar-refractivity contribution in [1.82, 2.24) is 20.9 Å². The van der Waals surface area contributed by atoms with E-state index in [1.54, 1.807) is 27.7 Å². The van der Waals surface area contributed by atoms with Crippen LogP contribution < -0.4 is 16.0 Å². The van der Waals surface area contributed by atoms with Crippen molar-refractivity contribution in [2.24, 2.45) is 0 Å². The number of aliphatic hydroxyl groups is 1. The van der Waals surface area contributed by atoms with Gasteiger partial charge in [-0.2, -0.15) is 0 Å². The lowest BCUT2D eigenvalue weighted by molar-refractivity contribution is -0.150. The highest BCUT2D eigenvalue weighted by Gasteiger charge is 2.34. The zero-order chi connectivity index (χ0) is 25.0. The van der Waals surface area contributed by atoms with E-state index in [-0.39, 0.29) is 32.9 Å². The second kappa shape index (κ2) is 13.9. The summed E-state index contributed by atoms with van der Waals surface area (Å²) in [5.74, 6) is -1.84. The van der Waals surface area contributed by atoms with E-state index < -0.39 is 47.4 Å². The van der Waals surface area contributed by atoms with Gasteiger partial charge in [-0.15, -0.1) is 0 Å². The molecule has 0 bridgehead atoms. The zero-order valence-corrected chi connectivity index (χ0v) is 19.7. The smallest absolute Gasteiger partial charge is 0.246 e. The Balaban J connectivity index is 2.36. The molecule has 33 heavy (non-hydrogen) atoms. The van der Waals surface area contributed by atoms with Crippen LogP contribution >= 0.6 is 0 Å². The molecule has 0 aromatic heterocycles. The van der Waals surface area contributed by atoms with Gasteiger partial charge in [0.05, 0.1) is 30.8 Å². The quantitative estimate of drug-likeness (QED) is 0.134. The monoisotopic (exact) mass is 472 g/mol. The number of amides is 4. The Hall–Kier alpha value is -2.57. The highest BCUT2D eigenvalue weighted by Crippen LogP contribution is 2.17. The molecule has 12 nitrogen and oxygen atoms in total. The minimum absolute atomic E-state index is 0.180. The molecule has 1 heterocycles. The van der Waals surface area contributed by atoms with Gasteiger partial charge in [0.25, 0.3) is 0 Å². The molecule has 0 radical (unpaired) electrons. The van der Waals surface area contributed by atoms with Crippen molar-refractivity contribution in [2.45, 2.75) is 70.7 Å². The number of aldehydes is 1. The Morgan fingerprint density at radius 2 is 1.85 bits per heavy atom. The maximum Gasteiger partial charge on any atom is 0.246 e. The molecule has 12 heteroatoms. The normalized spacial score (nSPS) is 17.7. The van der Waals surface area contributed by atoms with Crippen LogP contribution in [-0.4, -0.2) is 96.7 Å². The van der Waals surface area contributed by atoms with Crippen molar-refractivity contribution >= 4 is 29.9 Å². The molecule has 3 atom stereocenters. The summed E-state index contributed by atoms with van der Waals surface area (Å²) < 4.78 is 10.4. The molecule has 0 spiro atoms. The highest BCUT2D eigenvalue weighted by molar-refractivity contribution is 5.92. The summed E-state index contributed by atoms with van der Waals surface area (Å²) in [7, 11) is 0. The average molecular weight is 473 g/mol. The van der Waals surface area contributed by atoms with Crippen LogP contribution in [0.5, 0.6) is 0 Å². The summed E-state index contributed by atoms with van der Waals surface area (Å²) in [6, 6.07) is -1.18. The van der Waals surface area contributed by atoms with Crippen molar-refractivity contribution in [2.75, 3.05) is 33.0 Å². The van der Waals surface area contributed by atoms with Gasteiger partial charge < -0.3 is 40.2 Å². The van der Waals surface area contributed by atoms with Crippen LogP contribution in [0.25, 0.3) is 0 Å². The van der Waals surface area contributed by atoms with Crippen LogP contribution in [0.3, 0.4) is 0 Å². The molecule has 0 aromatic rings. The Bertz CT molecular complexity index is 698. The Kier molecular flexibility index (Phi) is 12.0. The predicted molar refractivity (Wildman–Crippen MR) is 117 cm³/mol. The molecular formula is C21H36N4O8. The summed E-state index contributed by atoms with van der Waals surface area (Å²) in [6.07, 6.45) is 1.27. The van der Waals surface area contributed by atoms with Gasteiger partial charge in [0.2, 0.25) is 23.6 Å². The molecule has 3 unspecified atom stereocenters. The summed E-state index contributed by atoms with van der Waals surface area (Å²) >= 11 is 0. The molecule has 1 aliphatic rings. The number of likely N-dealkylation sites (tertiary alicyclic amines) is 1. The first kappa shape index (κ1) is 28.5. The van der Waals surface area contributed by atoms with Crippen LogP contribution in [0.15, 0.2) is 0 Å². The molecule has 1 aliphatic heterocycles. The van der Waals surface area contributed by atoms with Crippen LogP contribution in [0, 0.1) is 0 Å². The molecule has 188 valence electrons. The molecule has 4 N–H and O–H groups in total.